The molecule has 0 fully saturated rings. The molecule has 0 saturated carbocycles. The standard InChI is InChI=1S/C22H24F3N5O2S/c1-15-3-9-19(10-4-15)29-20-13-16(2)28-21(30-20)26-11-12-27-33(31,32)14-17-5-7-18(8-6-17)22(23,24)25/h3-10,13,27H,11-12,14H2,1-2H3,(H2,26,28,29,30). The third kappa shape index (κ3) is 7.72. The van der Waals surface area contributed by atoms with Gasteiger partial charge in [0.2, 0.25) is 16.0 Å². The van der Waals surface area contributed by atoms with Crippen LogP contribution >= 0.6 is 0 Å². The summed E-state index contributed by atoms with van der Waals surface area (Å²) < 4.78 is 64.7. The maximum atomic E-state index is 12.6. The summed E-state index contributed by atoms with van der Waals surface area (Å²) in [4.78, 5) is 8.67. The fourth-order valence-corrected chi connectivity index (χ4v) is 4.08. The molecule has 0 unspecified atom stereocenters. The number of anilines is 3. The molecule has 0 bridgehead atoms. The van der Waals surface area contributed by atoms with Gasteiger partial charge in [0, 0.05) is 30.5 Å². The summed E-state index contributed by atoms with van der Waals surface area (Å²) in [6.07, 6.45) is -4.46. The van der Waals surface area contributed by atoms with Crippen molar-refractivity contribution in [1.29, 1.82) is 0 Å². The number of benzene rings is 2. The van der Waals surface area contributed by atoms with Gasteiger partial charge in [-0.15, -0.1) is 0 Å². The zero-order chi connectivity index (χ0) is 24.1. The Hall–Kier alpha value is -3.18. The largest absolute Gasteiger partial charge is 0.416 e. The zero-order valence-corrected chi connectivity index (χ0v) is 18.9. The molecule has 2 aromatic carbocycles. The lowest BCUT2D eigenvalue weighted by Crippen LogP contribution is -2.30. The fraction of sp³-hybridized carbons (Fsp3) is 0.273. The Kier molecular flexibility index (Phi) is 7.54. The number of nitrogens with one attached hydrogen (secondary N) is 3. The Labute approximate surface area is 190 Å². The molecular formula is C22H24F3N5O2S. The van der Waals surface area contributed by atoms with Crippen LogP contribution in [0.3, 0.4) is 0 Å². The fourth-order valence-electron chi connectivity index (χ4n) is 2.94. The van der Waals surface area contributed by atoms with Gasteiger partial charge in [0.15, 0.2) is 0 Å². The van der Waals surface area contributed by atoms with Crippen LogP contribution in [-0.2, 0) is 22.0 Å². The molecule has 0 saturated heterocycles. The zero-order valence-electron chi connectivity index (χ0n) is 18.1. The van der Waals surface area contributed by atoms with E-state index in [1.54, 1.807) is 6.07 Å². The Morgan fingerprint density at radius 2 is 1.58 bits per heavy atom. The number of rotatable bonds is 9. The number of hydrogen-bond donors (Lipinski definition) is 3. The van der Waals surface area contributed by atoms with Gasteiger partial charge >= 0.3 is 6.18 Å². The molecule has 0 spiro atoms. The second-order valence-corrected chi connectivity index (χ2v) is 9.29. The maximum Gasteiger partial charge on any atom is 0.416 e. The third-order valence-electron chi connectivity index (χ3n) is 4.55. The summed E-state index contributed by atoms with van der Waals surface area (Å²) in [5.41, 5.74) is 2.18. The van der Waals surface area contributed by atoms with Crippen LogP contribution in [0.5, 0.6) is 0 Å². The van der Waals surface area contributed by atoms with Crippen molar-refractivity contribution in [2.24, 2.45) is 0 Å². The highest BCUT2D eigenvalue weighted by Gasteiger charge is 2.30. The predicted molar refractivity (Wildman–Crippen MR) is 122 cm³/mol. The maximum absolute atomic E-state index is 12.6. The van der Waals surface area contributed by atoms with Gasteiger partial charge in [0.1, 0.15) is 5.82 Å². The van der Waals surface area contributed by atoms with Crippen LogP contribution in [0.25, 0.3) is 0 Å². The highest BCUT2D eigenvalue weighted by Crippen LogP contribution is 2.29. The number of sulfonamides is 1. The molecule has 7 nitrogen and oxygen atoms in total. The molecule has 0 atom stereocenters. The normalized spacial score (nSPS) is 11.9. The topological polar surface area (TPSA) is 96.0 Å². The lowest BCUT2D eigenvalue weighted by atomic mass is 10.1. The van der Waals surface area contributed by atoms with E-state index in [4.69, 9.17) is 0 Å². The van der Waals surface area contributed by atoms with Crippen molar-refractivity contribution < 1.29 is 21.6 Å². The molecule has 0 aliphatic heterocycles. The van der Waals surface area contributed by atoms with Gasteiger partial charge in [0.25, 0.3) is 0 Å². The van der Waals surface area contributed by atoms with Crippen LogP contribution in [0.2, 0.25) is 0 Å². The first-order valence-electron chi connectivity index (χ1n) is 10.1. The molecule has 176 valence electrons. The van der Waals surface area contributed by atoms with E-state index >= 15 is 0 Å². The van der Waals surface area contributed by atoms with Gasteiger partial charge in [-0.1, -0.05) is 29.8 Å². The van der Waals surface area contributed by atoms with Crippen LogP contribution in [-0.4, -0.2) is 31.5 Å². The van der Waals surface area contributed by atoms with Gasteiger partial charge in [-0.25, -0.2) is 18.1 Å². The van der Waals surface area contributed by atoms with Crippen molar-refractivity contribution in [3.8, 4) is 0 Å². The minimum absolute atomic E-state index is 0.0565. The van der Waals surface area contributed by atoms with Crippen molar-refractivity contribution in [2.75, 3.05) is 23.7 Å². The van der Waals surface area contributed by atoms with Crippen LogP contribution < -0.4 is 15.4 Å². The average Bonchev–Trinajstić information content (AvgIpc) is 2.72. The van der Waals surface area contributed by atoms with Gasteiger partial charge < -0.3 is 10.6 Å². The molecule has 1 heterocycles. The number of alkyl halides is 3. The lowest BCUT2D eigenvalue weighted by Gasteiger charge is -2.11. The number of aryl methyl sites for hydroxylation is 2. The molecule has 0 radical (unpaired) electrons. The summed E-state index contributed by atoms with van der Waals surface area (Å²) in [5, 5.41) is 6.16. The number of hydrogen-bond acceptors (Lipinski definition) is 6. The Balaban J connectivity index is 1.51. The molecular weight excluding hydrogens is 455 g/mol. The first-order chi connectivity index (χ1) is 15.5. The van der Waals surface area contributed by atoms with E-state index in [9.17, 15) is 21.6 Å². The van der Waals surface area contributed by atoms with E-state index in [1.807, 2.05) is 38.1 Å². The van der Waals surface area contributed by atoms with Crippen molar-refractivity contribution in [3.63, 3.8) is 0 Å². The molecule has 0 aliphatic rings. The quantitative estimate of drug-likeness (QED) is 0.394. The first-order valence-corrected chi connectivity index (χ1v) is 11.7. The number of aromatic nitrogens is 2. The van der Waals surface area contributed by atoms with Crippen molar-refractivity contribution >= 4 is 27.5 Å². The van der Waals surface area contributed by atoms with Crippen molar-refractivity contribution in [1.82, 2.24) is 14.7 Å². The van der Waals surface area contributed by atoms with E-state index in [-0.39, 0.29) is 18.7 Å². The highest BCUT2D eigenvalue weighted by molar-refractivity contribution is 7.88. The van der Waals surface area contributed by atoms with E-state index in [1.165, 1.54) is 0 Å². The van der Waals surface area contributed by atoms with Gasteiger partial charge in [-0.2, -0.15) is 18.2 Å². The van der Waals surface area contributed by atoms with Crippen LogP contribution in [0.1, 0.15) is 22.4 Å². The highest BCUT2D eigenvalue weighted by atomic mass is 32.2. The first kappa shape index (κ1) is 24.5. The molecule has 3 aromatic rings. The predicted octanol–water partition coefficient (Wildman–Crippen LogP) is 4.39. The van der Waals surface area contributed by atoms with Crippen LogP contribution in [0, 0.1) is 13.8 Å². The molecule has 0 amide bonds. The Morgan fingerprint density at radius 1 is 0.909 bits per heavy atom. The molecule has 33 heavy (non-hydrogen) atoms. The number of nitrogens with zero attached hydrogens (tertiary/aromatic N) is 2. The minimum Gasteiger partial charge on any atom is -0.353 e. The molecule has 0 aliphatic carbocycles. The summed E-state index contributed by atoms with van der Waals surface area (Å²) in [6.45, 7) is 4.10. The molecule has 3 rings (SSSR count). The smallest absolute Gasteiger partial charge is 0.353 e. The minimum atomic E-state index is -4.46. The summed E-state index contributed by atoms with van der Waals surface area (Å²) in [5.74, 6) is 0.514. The Morgan fingerprint density at radius 3 is 2.21 bits per heavy atom. The second-order valence-electron chi connectivity index (χ2n) is 7.48. The van der Waals surface area contributed by atoms with Gasteiger partial charge in [0.05, 0.1) is 11.3 Å². The van der Waals surface area contributed by atoms with E-state index < -0.39 is 27.5 Å². The van der Waals surface area contributed by atoms with Crippen LogP contribution in [0.4, 0.5) is 30.6 Å². The Bertz CT molecular complexity index is 1180. The summed E-state index contributed by atoms with van der Waals surface area (Å²) >= 11 is 0. The summed E-state index contributed by atoms with van der Waals surface area (Å²) in [7, 11) is -3.72. The van der Waals surface area contributed by atoms with Gasteiger partial charge in [-0.05, 0) is 43.7 Å². The van der Waals surface area contributed by atoms with E-state index in [0.717, 1.165) is 41.2 Å². The monoisotopic (exact) mass is 479 g/mol. The van der Waals surface area contributed by atoms with Crippen LogP contribution in [0.15, 0.2) is 54.6 Å². The van der Waals surface area contributed by atoms with Gasteiger partial charge in [-0.3, -0.25) is 0 Å². The molecule has 3 N–H and O–H groups in total. The van der Waals surface area contributed by atoms with E-state index in [2.05, 4.69) is 25.3 Å². The summed E-state index contributed by atoms with van der Waals surface area (Å²) in [6, 6.07) is 13.7. The van der Waals surface area contributed by atoms with E-state index in [0.29, 0.717) is 11.8 Å². The second kappa shape index (κ2) is 10.2. The van der Waals surface area contributed by atoms with Crippen molar-refractivity contribution in [3.05, 3.63) is 77.0 Å². The molecule has 1 aromatic heterocycles. The third-order valence-corrected chi connectivity index (χ3v) is 5.90. The van der Waals surface area contributed by atoms with Crippen molar-refractivity contribution in [2.45, 2.75) is 25.8 Å². The lowest BCUT2D eigenvalue weighted by molar-refractivity contribution is -0.137. The SMILES string of the molecule is Cc1ccc(Nc2cc(C)nc(NCCNS(=O)(=O)Cc3ccc(C(F)(F)F)cc3)n2)cc1. The molecule has 11 heteroatoms. The number of halogens is 3. The average molecular weight is 480 g/mol.